The maximum Gasteiger partial charge on any atom is 0.321 e. The first-order valence-electron chi connectivity index (χ1n) is 8.54. The number of thiophene rings is 1. The van der Waals surface area contributed by atoms with E-state index in [1.807, 2.05) is 17.5 Å². The quantitative estimate of drug-likeness (QED) is 0.548. The van der Waals surface area contributed by atoms with Crippen molar-refractivity contribution in [1.29, 1.82) is 0 Å². The number of nitrogens with one attached hydrogen (secondary N) is 2. The molecule has 2 N–H and O–H groups in total. The topological polar surface area (TPSA) is 108 Å². The Morgan fingerprint density at radius 1 is 1.03 bits per heavy atom. The molecule has 2 aromatic heterocycles. The summed E-state index contributed by atoms with van der Waals surface area (Å²) in [6.45, 7) is -0.207. The van der Waals surface area contributed by atoms with Gasteiger partial charge >= 0.3 is 6.03 Å². The van der Waals surface area contributed by atoms with Gasteiger partial charge in [0.15, 0.2) is 5.13 Å². The molecule has 11 heteroatoms. The molecular formula is C18H18N4O4S3. The highest BCUT2D eigenvalue weighted by molar-refractivity contribution is 7.93. The summed E-state index contributed by atoms with van der Waals surface area (Å²) in [7, 11) is -4.01. The third-order valence-electron chi connectivity index (χ3n) is 3.74. The second kappa shape index (κ2) is 9.63. The van der Waals surface area contributed by atoms with Crippen molar-refractivity contribution in [3.8, 4) is 0 Å². The molecule has 8 nitrogen and oxygen atoms in total. The molecule has 0 spiro atoms. The van der Waals surface area contributed by atoms with Crippen LogP contribution in [0.15, 0.2) is 64.3 Å². The number of thiazole rings is 1. The minimum atomic E-state index is -4.01. The summed E-state index contributed by atoms with van der Waals surface area (Å²) < 4.78 is 26.8. The smallest absolute Gasteiger partial charge is 0.321 e. The number of hydrogen-bond acceptors (Lipinski definition) is 7. The number of imide groups is 1. The Hall–Kier alpha value is -2.76. The van der Waals surface area contributed by atoms with Crippen LogP contribution in [0.1, 0.15) is 4.88 Å². The molecule has 0 unspecified atom stereocenters. The lowest BCUT2D eigenvalue weighted by Gasteiger charge is -2.21. The van der Waals surface area contributed by atoms with Gasteiger partial charge in [-0.25, -0.2) is 22.5 Å². The van der Waals surface area contributed by atoms with E-state index in [0.29, 0.717) is 13.0 Å². The van der Waals surface area contributed by atoms with Crippen LogP contribution in [0.3, 0.4) is 0 Å². The molecule has 3 aromatic rings. The van der Waals surface area contributed by atoms with E-state index in [0.717, 1.165) is 20.5 Å². The van der Waals surface area contributed by atoms with E-state index in [2.05, 4.69) is 15.6 Å². The molecule has 2 heterocycles. The molecule has 0 fully saturated rings. The molecule has 0 aliphatic carbocycles. The monoisotopic (exact) mass is 450 g/mol. The largest absolute Gasteiger partial charge is 0.337 e. The van der Waals surface area contributed by atoms with E-state index in [9.17, 15) is 18.0 Å². The fraction of sp³-hybridized carbons (Fsp3) is 0.167. The van der Waals surface area contributed by atoms with E-state index < -0.39 is 28.5 Å². The second-order valence-corrected chi connectivity index (χ2v) is 9.54. The van der Waals surface area contributed by atoms with Crippen LogP contribution in [0.2, 0.25) is 0 Å². The Balaban J connectivity index is 1.63. The van der Waals surface area contributed by atoms with Gasteiger partial charge in [-0.3, -0.25) is 10.1 Å². The third kappa shape index (κ3) is 5.62. The first-order valence-corrected chi connectivity index (χ1v) is 11.7. The SMILES string of the molecule is O=C(CN(c1nccs1)S(=O)(=O)c1ccccc1)NC(=O)NCCc1cccs1. The summed E-state index contributed by atoms with van der Waals surface area (Å²) >= 11 is 2.66. The number of nitrogens with zero attached hydrogens (tertiary/aromatic N) is 2. The number of anilines is 1. The maximum absolute atomic E-state index is 13.0. The van der Waals surface area contributed by atoms with Gasteiger partial charge in [-0.1, -0.05) is 24.3 Å². The summed E-state index contributed by atoms with van der Waals surface area (Å²) in [6.07, 6.45) is 2.09. The van der Waals surface area contributed by atoms with Crippen LogP contribution in [0, 0.1) is 0 Å². The van der Waals surface area contributed by atoms with Crippen molar-refractivity contribution in [2.75, 3.05) is 17.4 Å². The highest BCUT2D eigenvalue weighted by Gasteiger charge is 2.29. The van der Waals surface area contributed by atoms with Crippen LogP contribution >= 0.6 is 22.7 Å². The number of urea groups is 1. The van der Waals surface area contributed by atoms with Crippen molar-refractivity contribution in [1.82, 2.24) is 15.6 Å². The van der Waals surface area contributed by atoms with Gasteiger partial charge in [-0.15, -0.1) is 22.7 Å². The molecule has 3 amide bonds. The third-order valence-corrected chi connectivity index (χ3v) is 7.34. The van der Waals surface area contributed by atoms with E-state index in [1.54, 1.807) is 34.9 Å². The fourth-order valence-electron chi connectivity index (χ4n) is 2.41. The van der Waals surface area contributed by atoms with Crippen LogP contribution in [0.25, 0.3) is 0 Å². The van der Waals surface area contributed by atoms with E-state index in [1.165, 1.54) is 18.3 Å². The summed E-state index contributed by atoms with van der Waals surface area (Å²) in [4.78, 5) is 29.4. The molecule has 0 bridgehead atoms. The Labute approximate surface area is 176 Å². The number of aromatic nitrogens is 1. The number of amides is 3. The highest BCUT2D eigenvalue weighted by atomic mass is 32.2. The molecule has 0 saturated heterocycles. The molecule has 0 aliphatic rings. The van der Waals surface area contributed by atoms with Crippen molar-refractivity contribution in [2.45, 2.75) is 11.3 Å². The molecule has 0 radical (unpaired) electrons. The van der Waals surface area contributed by atoms with Gasteiger partial charge < -0.3 is 5.32 Å². The standard InChI is InChI=1S/C18H18N4O4S3/c23-16(21-17(24)19-9-8-14-5-4-11-27-14)13-22(18-20-10-12-28-18)29(25,26)15-6-2-1-3-7-15/h1-7,10-12H,8-9,13H2,(H2,19,21,23,24). The van der Waals surface area contributed by atoms with Crippen LogP contribution in [-0.4, -0.2) is 38.4 Å². The van der Waals surface area contributed by atoms with Crippen LogP contribution < -0.4 is 14.9 Å². The Morgan fingerprint density at radius 2 is 1.83 bits per heavy atom. The van der Waals surface area contributed by atoms with Crippen molar-refractivity contribution >= 4 is 49.8 Å². The predicted molar refractivity (Wildman–Crippen MR) is 113 cm³/mol. The molecule has 0 aliphatic heterocycles. The van der Waals surface area contributed by atoms with Crippen LogP contribution in [-0.2, 0) is 21.2 Å². The van der Waals surface area contributed by atoms with Gasteiger partial charge in [0.2, 0.25) is 5.91 Å². The lowest BCUT2D eigenvalue weighted by atomic mass is 10.3. The van der Waals surface area contributed by atoms with E-state index >= 15 is 0 Å². The molecule has 1 aromatic carbocycles. The van der Waals surface area contributed by atoms with Gasteiger partial charge in [0.05, 0.1) is 4.90 Å². The summed E-state index contributed by atoms with van der Waals surface area (Å²) in [5.41, 5.74) is 0. The number of benzene rings is 1. The number of carbonyl (C=O) groups excluding carboxylic acids is 2. The Bertz CT molecular complexity index is 1040. The molecular weight excluding hydrogens is 432 g/mol. The van der Waals surface area contributed by atoms with Crippen LogP contribution in [0.5, 0.6) is 0 Å². The van der Waals surface area contributed by atoms with Gasteiger partial charge in [-0.05, 0) is 30.0 Å². The molecule has 3 rings (SSSR count). The number of carbonyl (C=O) groups is 2. The van der Waals surface area contributed by atoms with E-state index in [4.69, 9.17) is 0 Å². The Morgan fingerprint density at radius 3 is 2.48 bits per heavy atom. The first kappa shape index (κ1) is 21.0. The average Bonchev–Trinajstić information content (AvgIpc) is 3.41. The average molecular weight is 451 g/mol. The Kier molecular flexibility index (Phi) is 6.96. The lowest BCUT2D eigenvalue weighted by molar-refractivity contribution is -0.118. The second-order valence-electron chi connectivity index (χ2n) is 5.77. The maximum atomic E-state index is 13.0. The van der Waals surface area contributed by atoms with Gasteiger partial charge in [0, 0.05) is 23.0 Å². The summed E-state index contributed by atoms with van der Waals surface area (Å²) in [6, 6.07) is 10.9. The van der Waals surface area contributed by atoms with Crippen LogP contribution in [0.4, 0.5) is 9.93 Å². The lowest BCUT2D eigenvalue weighted by Crippen LogP contribution is -2.46. The van der Waals surface area contributed by atoms with Gasteiger partial charge in [0.25, 0.3) is 10.0 Å². The van der Waals surface area contributed by atoms with E-state index in [-0.39, 0.29) is 10.0 Å². The number of sulfonamides is 1. The van der Waals surface area contributed by atoms with Gasteiger partial charge in [0.1, 0.15) is 6.54 Å². The minimum Gasteiger partial charge on any atom is -0.337 e. The molecule has 0 atom stereocenters. The zero-order chi connectivity index (χ0) is 20.7. The molecule has 0 saturated carbocycles. The minimum absolute atomic E-state index is 0.0309. The van der Waals surface area contributed by atoms with Crippen molar-refractivity contribution < 1.29 is 18.0 Å². The van der Waals surface area contributed by atoms with Crippen molar-refractivity contribution in [3.63, 3.8) is 0 Å². The summed E-state index contributed by atoms with van der Waals surface area (Å²) in [5.74, 6) is -0.756. The van der Waals surface area contributed by atoms with Gasteiger partial charge in [-0.2, -0.15) is 0 Å². The fourth-order valence-corrected chi connectivity index (χ4v) is 5.38. The molecule has 29 heavy (non-hydrogen) atoms. The number of hydrogen-bond donors (Lipinski definition) is 2. The predicted octanol–water partition coefficient (Wildman–Crippen LogP) is 2.47. The van der Waals surface area contributed by atoms with Crippen molar-refractivity contribution in [2.24, 2.45) is 0 Å². The zero-order valence-electron chi connectivity index (χ0n) is 15.1. The summed E-state index contributed by atoms with van der Waals surface area (Å²) in [5, 5.41) is 8.44. The normalized spacial score (nSPS) is 11.0. The number of rotatable bonds is 8. The highest BCUT2D eigenvalue weighted by Crippen LogP contribution is 2.25. The molecule has 152 valence electrons. The van der Waals surface area contributed by atoms with Crippen molar-refractivity contribution in [3.05, 3.63) is 64.3 Å². The zero-order valence-corrected chi connectivity index (χ0v) is 17.6. The first-order chi connectivity index (χ1) is 14.0.